The van der Waals surface area contributed by atoms with Gasteiger partial charge in [-0.1, -0.05) is 18.2 Å². The van der Waals surface area contributed by atoms with Crippen LogP contribution in [0.1, 0.15) is 8.42 Å². The molecule has 0 saturated heterocycles. The molecule has 1 aromatic rings. The SMILES string of the molecule is O=C(O)Cc1ccccc1O.[H-].[H-].[K+].[K+]. The smallest absolute Gasteiger partial charge is 1.00 e. The summed E-state index contributed by atoms with van der Waals surface area (Å²) in [5.41, 5.74) is 0.444. The van der Waals surface area contributed by atoms with E-state index in [4.69, 9.17) is 10.2 Å². The molecular formula is C8H10K2O3. The molecular weight excluding hydrogens is 222 g/mol. The van der Waals surface area contributed by atoms with Gasteiger partial charge in [0.2, 0.25) is 0 Å². The molecule has 2 N–H and O–H groups in total. The van der Waals surface area contributed by atoms with Gasteiger partial charge in [-0.05, 0) is 6.07 Å². The van der Waals surface area contributed by atoms with E-state index in [1.54, 1.807) is 18.2 Å². The minimum absolute atomic E-state index is 0. The number of carboxylic acid groups (broad SMARTS) is 1. The van der Waals surface area contributed by atoms with Crippen LogP contribution in [0, 0.1) is 0 Å². The molecule has 0 atom stereocenters. The van der Waals surface area contributed by atoms with Crippen LogP contribution in [0.2, 0.25) is 0 Å². The van der Waals surface area contributed by atoms with Crippen LogP contribution in [-0.4, -0.2) is 16.2 Å². The predicted molar refractivity (Wildman–Crippen MR) is 41.7 cm³/mol. The van der Waals surface area contributed by atoms with E-state index in [1.807, 2.05) is 0 Å². The Morgan fingerprint density at radius 1 is 1.31 bits per heavy atom. The normalized spacial score (nSPS) is 8.00. The quantitative estimate of drug-likeness (QED) is 0.504. The number of hydrogen-bond acceptors (Lipinski definition) is 2. The molecule has 62 valence electrons. The van der Waals surface area contributed by atoms with E-state index in [0.29, 0.717) is 5.56 Å². The Morgan fingerprint density at radius 2 is 1.85 bits per heavy atom. The van der Waals surface area contributed by atoms with Gasteiger partial charge in [-0.15, -0.1) is 0 Å². The molecule has 1 rings (SSSR count). The van der Waals surface area contributed by atoms with Gasteiger partial charge in [0.15, 0.2) is 0 Å². The summed E-state index contributed by atoms with van der Waals surface area (Å²) in [5.74, 6) is -0.901. The third kappa shape index (κ3) is 6.78. The second kappa shape index (κ2) is 9.02. The maximum Gasteiger partial charge on any atom is 1.00 e. The van der Waals surface area contributed by atoms with Gasteiger partial charge in [0.05, 0.1) is 6.42 Å². The van der Waals surface area contributed by atoms with E-state index < -0.39 is 5.97 Å². The number of carboxylic acids is 1. The van der Waals surface area contributed by atoms with E-state index in [0.717, 1.165) is 0 Å². The van der Waals surface area contributed by atoms with Gasteiger partial charge >= 0.3 is 109 Å². The topological polar surface area (TPSA) is 57.5 Å². The summed E-state index contributed by atoms with van der Waals surface area (Å²) >= 11 is 0. The van der Waals surface area contributed by atoms with Gasteiger partial charge in [0.1, 0.15) is 5.75 Å². The van der Waals surface area contributed by atoms with Crippen molar-refractivity contribution in [2.75, 3.05) is 0 Å². The molecule has 0 unspecified atom stereocenters. The van der Waals surface area contributed by atoms with Crippen LogP contribution in [0.15, 0.2) is 24.3 Å². The number of aromatic hydroxyl groups is 1. The van der Waals surface area contributed by atoms with Crippen LogP contribution in [-0.2, 0) is 11.2 Å². The zero-order valence-electron chi connectivity index (χ0n) is 9.82. The fourth-order valence-corrected chi connectivity index (χ4v) is 0.823. The van der Waals surface area contributed by atoms with Crippen molar-refractivity contribution in [1.82, 2.24) is 0 Å². The van der Waals surface area contributed by atoms with Gasteiger partial charge < -0.3 is 13.1 Å². The summed E-state index contributed by atoms with van der Waals surface area (Å²) in [5, 5.41) is 17.5. The fourth-order valence-electron chi connectivity index (χ4n) is 0.823. The van der Waals surface area contributed by atoms with Gasteiger partial charge in [-0.2, -0.15) is 0 Å². The summed E-state index contributed by atoms with van der Waals surface area (Å²) in [4.78, 5) is 10.2. The van der Waals surface area contributed by atoms with Crippen molar-refractivity contribution in [1.29, 1.82) is 0 Å². The molecule has 0 bridgehead atoms. The summed E-state index contributed by atoms with van der Waals surface area (Å²) in [7, 11) is 0. The Morgan fingerprint density at radius 3 is 2.31 bits per heavy atom. The van der Waals surface area contributed by atoms with Crippen LogP contribution in [0.3, 0.4) is 0 Å². The van der Waals surface area contributed by atoms with Crippen LogP contribution in [0.4, 0.5) is 0 Å². The first-order chi connectivity index (χ1) is 5.20. The monoisotopic (exact) mass is 232 g/mol. The number of phenolic OH excluding ortho intramolecular Hbond substituents is 1. The summed E-state index contributed by atoms with van der Waals surface area (Å²) < 4.78 is 0. The van der Waals surface area contributed by atoms with E-state index in [1.165, 1.54) is 6.07 Å². The number of phenols is 1. The molecule has 0 amide bonds. The molecule has 0 spiro atoms. The predicted octanol–water partition coefficient (Wildman–Crippen LogP) is -4.75. The summed E-state index contributed by atoms with van der Waals surface area (Å²) in [6, 6.07) is 6.40. The molecule has 3 nitrogen and oxygen atoms in total. The second-order valence-corrected chi connectivity index (χ2v) is 2.20. The van der Waals surface area contributed by atoms with Gasteiger partial charge in [-0.25, -0.2) is 0 Å². The first kappa shape index (κ1) is 17.2. The van der Waals surface area contributed by atoms with Crippen molar-refractivity contribution < 1.29 is 121 Å². The first-order valence-corrected chi connectivity index (χ1v) is 3.19. The van der Waals surface area contributed by atoms with Crippen LogP contribution in [0.25, 0.3) is 0 Å². The fraction of sp³-hybridized carbons (Fsp3) is 0.125. The van der Waals surface area contributed by atoms with Crippen LogP contribution < -0.4 is 103 Å². The van der Waals surface area contributed by atoms with Crippen molar-refractivity contribution in [3.63, 3.8) is 0 Å². The van der Waals surface area contributed by atoms with E-state index >= 15 is 0 Å². The Bertz CT molecular complexity index is 284. The molecule has 0 heterocycles. The molecule has 0 aliphatic heterocycles. The Kier molecular flexibility index (Phi) is 11.9. The van der Waals surface area contributed by atoms with Gasteiger partial charge in [0.25, 0.3) is 0 Å². The molecule has 0 saturated carbocycles. The van der Waals surface area contributed by atoms with Gasteiger partial charge in [0, 0.05) is 5.56 Å². The maximum absolute atomic E-state index is 10.2. The summed E-state index contributed by atoms with van der Waals surface area (Å²) in [6.07, 6.45) is -0.132. The summed E-state index contributed by atoms with van der Waals surface area (Å²) in [6.45, 7) is 0. The first-order valence-electron chi connectivity index (χ1n) is 3.19. The average Bonchev–Trinajstić information content (AvgIpc) is 1.93. The maximum atomic E-state index is 10.2. The molecule has 1 aromatic carbocycles. The third-order valence-electron chi connectivity index (χ3n) is 1.33. The Balaban J connectivity index is -0.000000151. The van der Waals surface area contributed by atoms with Crippen molar-refractivity contribution >= 4 is 5.97 Å². The van der Waals surface area contributed by atoms with Crippen molar-refractivity contribution in [2.45, 2.75) is 6.42 Å². The number of benzene rings is 1. The molecule has 0 aliphatic carbocycles. The van der Waals surface area contributed by atoms with Crippen molar-refractivity contribution in [3.05, 3.63) is 29.8 Å². The number of para-hydroxylation sites is 1. The second-order valence-electron chi connectivity index (χ2n) is 2.20. The number of aliphatic carboxylic acids is 1. The van der Waals surface area contributed by atoms with E-state index in [-0.39, 0.29) is 118 Å². The van der Waals surface area contributed by atoms with Gasteiger partial charge in [-0.3, -0.25) is 4.79 Å². The van der Waals surface area contributed by atoms with Crippen molar-refractivity contribution in [2.24, 2.45) is 0 Å². The minimum Gasteiger partial charge on any atom is -1.00 e. The van der Waals surface area contributed by atoms with Crippen LogP contribution >= 0.6 is 0 Å². The Hall–Kier alpha value is 1.76. The molecule has 0 fully saturated rings. The third-order valence-corrected chi connectivity index (χ3v) is 1.33. The molecule has 0 radical (unpaired) electrons. The standard InChI is InChI=1S/C8H8O3.2K.2H/c9-7-4-2-1-3-6(7)5-8(10)11;;;;/h1-4,9H,5H2,(H,10,11);;;;/q;2*+1;2*-1. The van der Waals surface area contributed by atoms with E-state index in [2.05, 4.69) is 0 Å². The number of rotatable bonds is 2. The zero-order chi connectivity index (χ0) is 8.27. The number of hydrogen-bond donors (Lipinski definition) is 2. The largest absolute Gasteiger partial charge is 1.00 e. The van der Waals surface area contributed by atoms with E-state index in [9.17, 15) is 4.79 Å². The average molecular weight is 232 g/mol. The molecule has 13 heavy (non-hydrogen) atoms. The molecule has 0 aromatic heterocycles. The number of carbonyl (C=O) groups is 1. The van der Waals surface area contributed by atoms with Crippen LogP contribution in [0.5, 0.6) is 5.75 Å². The minimum atomic E-state index is -0.938. The van der Waals surface area contributed by atoms with Crippen molar-refractivity contribution in [3.8, 4) is 5.75 Å². The molecule has 5 heteroatoms. The molecule has 0 aliphatic rings. The zero-order valence-corrected chi connectivity index (χ0v) is 14.1. The Labute approximate surface area is 165 Å².